The van der Waals surface area contributed by atoms with Crippen molar-refractivity contribution in [3.63, 3.8) is 0 Å². The van der Waals surface area contributed by atoms with Crippen molar-refractivity contribution in [2.45, 2.75) is 12.3 Å². The van der Waals surface area contributed by atoms with E-state index in [0.29, 0.717) is 33.5 Å². The molecule has 4 aromatic rings. The summed E-state index contributed by atoms with van der Waals surface area (Å²) in [7, 11) is 1.44. The fourth-order valence-electron chi connectivity index (χ4n) is 4.74. The summed E-state index contributed by atoms with van der Waals surface area (Å²) in [6, 6.07) is 16.9. The molecule has 36 heavy (non-hydrogen) atoms. The highest BCUT2D eigenvalue weighted by Crippen LogP contribution is 2.48. The topological polar surface area (TPSA) is 115 Å². The van der Waals surface area contributed by atoms with Crippen molar-refractivity contribution >= 4 is 28.7 Å². The summed E-state index contributed by atoms with van der Waals surface area (Å²) in [6.07, 6.45) is 1.44. The quantitative estimate of drug-likeness (QED) is 0.255. The number of ketones is 1. The number of nitrogens with one attached hydrogen (secondary N) is 1. The molecular formula is C28H19NO7. The van der Waals surface area contributed by atoms with Crippen LogP contribution in [0.2, 0.25) is 0 Å². The molecule has 3 aromatic carbocycles. The van der Waals surface area contributed by atoms with Gasteiger partial charge in [0.25, 0.3) is 5.56 Å². The van der Waals surface area contributed by atoms with E-state index >= 15 is 0 Å². The van der Waals surface area contributed by atoms with Gasteiger partial charge in [-0.3, -0.25) is 14.4 Å². The Labute approximate surface area is 204 Å². The van der Waals surface area contributed by atoms with Gasteiger partial charge in [-0.2, -0.15) is 0 Å². The van der Waals surface area contributed by atoms with Crippen LogP contribution in [0.1, 0.15) is 39.4 Å². The predicted octanol–water partition coefficient (Wildman–Crippen LogP) is 4.30. The van der Waals surface area contributed by atoms with Gasteiger partial charge in [0, 0.05) is 22.6 Å². The van der Waals surface area contributed by atoms with Gasteiger partial charge >= 0.3 is 5.97 Å². The second-order valence-corrected chi connectivity index (χ2v) is 8.60. The number of aromatic hydroxyl groups is 1. The van der Waals surface area contributed by atoms with Crippen LogP contribution in [-0.2, 0) is 4.79 Å². The number of hydrogen-bond donors (Lipinski definition) is 2. The van der Waals surface area contributed by atoms with Crippen LogP contribution in [-0.4, -0.2) is 29.0 Å². The van der Waals surface area contributed by atoms with Gasteiger partial charge in [0.2, 0.25) is 5.78 Å². The molecule has 0 saturated carbocycles. The molecule has 2 aliphatic heterocycles. The Morgan fingerprint density at radius 3 is 2.67 bits per heavy atom. The third-order valence-electron chi connectivity index (χ3n) is 6.44. The molecule has 0 aliphatic carbocycles. The number of allylic oxidation sites excluding steroid dienone is 1. The summed E-state index contributed by atoms with van der Waals surface area (Å²) < 4.78 is 16.5. The lowest BCUT2D eigenvalue weighted by Gasteiger charge is -2.26. The monoisotopic (exact) mass is 481 g/mol. The van der Waals surface area contributed by atoms with Gasteiger partial charge < -0.3 is 24.3 Å². The standard InChI is InChI=1S/C28H19NO7/c1-34-21-8-6-14(10-20(21)30)11-23-26(32)16-7-9-22-25(27(16)36-23)17(13-24(31)35-22)18-12-15-4-2-3-5-19(15)29-28(18)33/h2-12,17,30H,13H2,1H3,(H,29,33)/b23-11-/t17-/m0/s1. The van der Waals surface area contributed by atoms with E-state index in [1.807, 2.05) is 18.2 Å². The summed E-state index contributed by atoms with van der Waals surface area (Å²) in [6.45, 7) is 0. The number of aromatic nitrogens is 1. The number of fused-ring (bicyclic) bond motifs is 4. The molecule has 0 amide bonds. The Balaban J connectivity index is 1.47. The number of Topliss-reactive ketones (excluding diaryl/α,β-unsaturated/α-hetero) is 1. The van der Waals surface area contributed by atoms with Crippen molar-refractivity contribution in [3.05, 3.63) is 99.0 Å². The number of carbonyl (C=O) groups excluding carboxylic acids is 2. The van der Waals surface area contributed by atoms with E-state index in [-0.39, 0.29) is 40.8 Å². The Hall–Kier alpha value is -4.85. The molecule has 0 unspecified atom stereocenters. The third kappa shape index (κ3) is 3.42. The Morgan fingerprint density at radius 1 is 1.03 bits per heavy atom. The largest absolute Gasteiger partial charge is 0.504 e. The molecule has 178 valence electrons. The number of benzene rings is 3. The molecule has 0 saturated heterocycles. The van der Waals surface area contributed by atoms with E-state index < -0.39 is 11.9 Å². The molecular weight excluding hydrogens is 462 g/mol. The summed E-state index contributed by atoms with van der Waals surface area (Å²) >= 11 is 0. The number of pyridine rings is 1. The number of aromatic amines is 1. The van der Waals surface area contributed by atoms with Crippen LogP contribution in [0.4, 0.5) is 0 Å². The Bertz CT molecular complexity index is 1680. The second-order valence-electron chi connectivity index (χ2n) is 8.60. The number of phenolic OH excluding ortho intramolecular Hbond substituents is 1. The normalized spacial score (nSPS) is 17.5. The minimum atomic E-state index is -0.665. The van der Waals surface area contributed by atoms with Crippen molar-refractivity contribution in [2.24, 2.45) is 0 Å². The first-order valence-electron chi connectivity index (χ1n) is 11.2. The first-order valence-corrected chi connectivity index (χ1v) is 11.2. The molecule has 1 aromatic heterocycles. The number of para-hydroxylation sites is 1. The van der Waals surface area contributed by atoms with Crippen LogP contribution in [0.15, 0.2) is 71.2 Å². The fourth-order valence-corrected chi connectivity index (χ4v) is 4.74. The minimum absolute atomic E-state index is 0.0473. The van der Waals surface area contributed by atoms with Gasteiger partial charge in [-0.05, 0) is 53.4 Å². The molecule has 0 fully saturated rings. The van der Waals surface area contributed by atoms with Gasteiger partial charge in [0.05, 0.1) is 19.1 Å². The number of methoxy groups -OCH3 is 1. The average Bonchev–Trinajstić information content (AvgIpc) is 3.18. The highest BCUT2D eigenvalue weighted by atomic mass is 16.5. The van der Waals surface area contributed by atoms with Gasteiger partial charge in [-0.1, -0.05) is 24.3 Å². The average molecular weight is 481 g/mol. The van der Waals surface area contributed by atoms with Crippen LogP contribution in [0.3, 0.4) is 0 Å². The van der Waals surface area contributed by atoms with Crippen molar-refractivity contribution in [1.29, 1.82) is 0 Å². The lowest BCUT2D eigenvalue weighted by atomic mass is 9.85. The fraction of sp³-hybridized carbons (Fsp3) is 0.107. The Kier molecular flexibility index (Phi) is 4.89. The molecule has 8 nitrogen and oxygen atoms in total. The van der Waals surface area contributed by atoms with E-state index in [4.69, 9.17) is 14.2 Å². The maximum atomic E-state index is 13.2. The van der Waals surface area contributed by atoms with Crippen molar-refractivity contribution < 1.29 is 28.9 Å². The predicted molar refractivity (Wildman–Crippen MR) is 131 cm³/mol. The summed E-state index contributed by atoms with van der Waals surface area (Å²) in [4.78, 5) is 41.6. The van der Waals surface area contributed by atoms with Gasteiger partial charge in [-0.25, -0.2) is 0 Å². The molecule has 0 bridgehead atoms. The number of esters is 1. The van der Waals surface area contributed by atoms with Gasteiger partial charge in [0.15, 0.2) is 17.3 Å². The first kappa shape index (κ1) is 21.7. The molecule has 1 atom stereocenters. The molecule has 6 rings (SSSR count). The number of rotatable bonds is 3. The van der Waals surface area contributed by atoms with Gasteiger partial charge in [0.1, 0.15) is 11.5 Å². The summed E-state index contributed by atoms with van der Waals surface area (Å²) in [5.74, 6) is -0.717. The molecule has 2 aliphatic rings. The van der Waals surface area contributed by atoms with Gasteiger partial charge in [-0.15, -0.1) is 0 Å². The molecule has 8 heteroatoms. The lowest BCUT2D eigenvalue weighted by molar-refractivity contribution is -0.135. The second kappa shape index (κ2) is 8.13. The van der Waals surface area contributed by atoms with Crippen LogP contribution in [0.5, 0.6) is 23.0 Å². The molecule has 0 radical (unpaired) electrons. The number of hydrogen-bond acceptors (Lipinski definition) is 7. The zero-order valence-corrected chi connectivity index (χ0v) is 19.0. The summed E-state index contributed by atoms with van der Waals surface area (Å²) in [5.41, 5.74) is 2.05. The van der Waals surface area contributed by atoms with Crippen LogP contribution < -0.4 is 19.8 Å². The maximum Gasteiger partial charge on any atom is 0.312 e. The summed E-state index contributed by atoms with van der Waals surface area (Å²) in [5, 5.41) is 10.9. The maximum absolute atomic E-state index is 13.2. The highest BCUT2D eigenvalue weighted by molar-refractivity contribution is 6.15. The zero-order chi connectivity index (χ0) is 25.0. The smallest absolute Gasteiger partial charge is 0.312 e. The van der Waals surface area contributed by atoms with Crippen molar-refractivity contribution in [2.75, 3.05) is 7.11 Å². The van der Waals surface area contributed by atoms with E-state index in [1.165, 1.54) is 19.3 Å². The third-order valence-corrected chi connectivity index (χ3v) is 6.44. The molecule has 3 heterocycles. The van der Waals surface area contributed by atoms with E-state index in [9.17, 15) is 19.5 Å². The van der Waals surface area contributed by atoms with Crippen molar-refractivity contribution in [3.8, 4) is 23.0 Å². The first-order chi connectivity index (χ1) is 17.4. The van der Waals surface area contributed by atoms with E-state index in [2.05, 4.69) is 4.98 Å². The van der Waals surface area contributed by atoms with E-state index in [0.717, 1.165) is 5.39 Å². The van der Waals surface area contributed by atoms with Crippen LogP contribution in [0.25, 0.3) is 17.0 Å². The molecule has 2 N–H and O–H groups in total. The minimum Gasteiger partial charge on any atom is -0.504 e. The highest BCUT2D eigenvalue weighted by Gasteiger charge is 2.39. The molecule has 0 spiro atoms. The SMILES string of the molecule is COc1ccc(/C=C2\Oc3c(ccc4c3[C@H](c3cc5ccccc5[nH]c3=O)CC(=O)O4)C2=O)cc1O. The number of phenols is 1. The Morgan fingerprint density at radius 2 is 1.86 bits per heavy atom. The number of ether oxygens (including phenoxy) is 3. The van der Waals surface area contributed by atoms with Crippen LogP contribution in [0, 0.1) is 0 Å². The van der Waals surface area contributed by atoms with Crippen molar-refractivity contribution in [1.82, 2.24) is 4.98 Å². The van der Waals surface area contributed by atoms with E-state index in [1.54, 1.807) is 36.4 Å². The zero-order valence-electron chi connectivity index (χ0n) is 19.0. The number of carbonyl (C=O) groups is 2. The number of H-pyrrole nitrogens is 1. The lowest BCUT2D eigenvalue weighted by Crippen LogP contribution is -2.26. The van der Waals surface area contributed by atoms with Crippen LogP contribution >= 0.6 is 0 Å².